The minimum Gasteiger partial charge on any atom is -0.384 e. The van der Waals surface area contributed by atoms with E-state index >= 15 is 0 Å². The summed E-state index contributed by atoms with van der Waals surface area (Å²) in [6.45, 7) is 0. The van der Waals surface area contributed by atoms with Crippen LogP contribution in [0.4, 0.5) is 11.5 Å². The average molecular weight is 228 g/mol. The number of pyridine rings is 1. The molecule has 17 heavy (non-hydrogen) atoms. The fraction of sp³-hybridized carbons (Fsp3) is 0.538. The molecule has 1 aromatic heterocycles. The van der Waals surface area contributed by atoms with E-state index in [0.717, 1.165) is 17.5 Å². The van der Waals surface area contributed by atoms with Crippen LogP contribution in [0.2, 0.25) is 0 Å². The zero-order valence-electron chi connectivity index (χ0n) is 9.71. The van der Waals surface area contributed by atoms with Crippen LogP contribution in [0.1, 0.15) is 25.7 Å². The Bertz CT molecular complexity index is 459. The van der Waals surface area contributed by atoms with Crippen LogP contribution in [0.5, 0.6) is 0 Å². The highest BCUT2D eigenvalue weighted by atomic mass is 14.9. The lowest BCUT2D eigenvalue weighted by Gasteiger charge is -2.15. The molecule has 3 atom stereocenters. The molecule has 2 fully saturated rings. The van der Waals surface area contributed by atoms with Gasteiger partial charge in [0.05, 0.1) is 23.9 Å². The van der Waals surface area contributed by atoms with Crippen molar-refractivity contribution in [1.82, 2.24) is 4.98 Å². The molecule has 1 aromatic rings. The fourth-order valence-corrected chi connectivity index (χ4v) is 2.99. The highest BCUT2D eigenvalue weighted by Crippen LogP contribution is 2.45. The van der Waals surface area contributed by atoms with Crippen LogP contribution in [0.25, 0.3) is 0 Å². The van der Waals surface area contributed by atoms with Gasteiger partial charge in [0.25, 0.3) is 0 Å². The first-order valence-corrected chi connectivity index (χ1v) is 6.18. The van der Waals surface area contributed by atoms with Gasteiger partial charge in [0.15, 0.2) is 0 Å². The maximum atomic E-state index is 5.50. The van der Waals surface area contributed by atoms with Crippen LogP contribution < -0.4 is 5.73 Å². The minimum atomic E-state index is 0.458. The van der Waals surface area contributed by atoms with Crippen molar-refractivity contribution in [3.8, 4) is 0 Å². The monoisotopic (exact) mass is 228 g/mol. The molecule has 4 nitrogen and oxygen atoms in total. The molecule has 0 unspecified atom stereocenters. The predicted octanol–water partition coefficient (Wildman–Crippen LogP) is 2.66. The van der Waals surface area contributed by atoms with Gasteiger partial charge in [-0.1, -0.05) is 6.42 Å². The summed E-state index contributed by atoms with van der Waals surface area (Å²) in [4.78, 5) is 12.6. The largest absolute Gasteiger partial charge is 0.384 e. The summed E-state index contributed by atoms with van der Waals surface area (Å²) in [5.41, 5.74) is 6.25. The highest BCUT2D eigenvalue weighted by Gasteiger charge is 2.39. The van der Waals surface area contributed by atoms with E-state index < -0.39 is 0 Å². The van der Waals surface area contributed by atoms with Crippen molar-refractivity contribution in [2.24, 2.45) is 21.8 Å². The summed E-state index contributed by atoms with van der Waals surface area (Å²) in [5, 5.41) is 0. The molecule has 0 amide bonds. The molecule has 4 heteroatoms. The van der Waals surface area contributed by atoms with Crippen LogP contribution in [0.15, 0.2) is 28.3 Å². The molecule has 2 aliphatic carbocycles. The van der Waals surface area contributed by atoms with Gasteiger partial charge in [-0.3, -0.25) is 0 Å². The average Bonchev–Trinajstić information content (AvgIpc) is 2.94. The number of hydrogen-bond donors (Lipinski definition) is 1. The standard InChI is InChI=1S/C13H16N4/c14-13-4-3-11(7-15-13)16-8-17-12-6-9-1-2-10(12)5-9/h3-4,7,9-10,12H,1-2,5-6H2,(H2,14,15)/t9-,10+,12-/m1/s1. The first-order chi connectivity index (χ1) is 8.31. The topological polar surface area (TPSA) is 63.6 Å². The summed E-state index contributed by atoms with van der Waals surface area (Å²) in [7, 11) is 0. The van der Waals surface area contributed by atoms with Crippen LogP contribution in [0, 0.1) is 11.8 Å². The third-order valence-electron chi connectivity index (χ3n) is 3.87. The van der Waals surface area contributed by atoms with Gasteiger partial charge in [0.1, 0.15) is 5.82 Å². The number of aliphatic imine (C=N–C) groups is 2. The van der Waals surface area contributed by atoms with Crippen LogP contribution in [-0.2, 0) is 0 Å². The molecule has 0 radical (unpaired) electrons. The Morgan fingerprint density at radius 2 is 2.24 bits per heavy atom. The Kier molecular flexibility index (Phi) is 2.65. The van der Waals surface area contributed by atoms with Crippen molar-refractivity contribution in [3.63, 3.8) is 0 Å². The number of nitrogens with two attached hydrogens (primary N) is 1. The second-order valence-electron chi connectivity index (χ2n) is 5.02. The van der Waals surface area contributed by atoms with E-state index in [0.29, 0.717) is 11.9 Å². The Balaban J connectivity index is 1.68. The Labute approximate surface area is 101 Å². The van der Waals surface area contributed by atoms with E-state index in [1.54, 1.807) is 12.3 Å². The van der Waals surface area contributed by atoms with E-state index in [1.165, 1.54) is 25.7 Å². The van der Waals surface area contributed by atoms with Gasteiger partial charge < -0.3 is 5.73 Å². The van der Waals surface area contributed by atoms with Crippen molar-refractivity contribution < 1.29 is 0 Å². The number of anilines is 1. The maximum Gasteiger partial charge on any atom is 0.123 e. The van der Waals surface area contributed by atoms with Gasteiger partial charge in [-0.15, -0.1) is 0 Å². The predicted molar refractivity (Wildman–Crippen MR) is 67.4 cm³/mol. The zero-order chi connectivity index (χ0) is 11.7. The highest BCUT2D eigenvalue weighted by molar-refractivity contribution is 5.52. The molecule has 0 saturated heterocycles. The SMILES string of the molecule is Nc1ccc(N=C=N[C@@H]2C[C@@H]3CC[C@H]2C3)cn1. The summed E-state index contributed by atoms with van der Waals surface area (Å²) >= 11 is 0. The quantitative estimate of drug-likeness (QED) is 0.791. The van der Waals surface area contributed by atoms with Crippen molar-refractivity contribution in [1.29, 1.82) is 0 Å². The van der Waals surface area contributed by atoms with Gasteiger partial charge in [-0.2, -0.15) is 4.99 Å². The number of fused-ring (bicyclic) bond motifs is 2. The Morgan fingerprint density at radius 1 is 1.29 bits per heavy atom. The van der Waals surface area contributed by atoms with Crippen molar-refractivity contribution in [2.75, 3.05) is 5.73 Å². The van der Waals surface area contributed by atoms with Gasteiger partial charge in [0.2, 0.25) is 0 Å². The van der Waals surface area contributed by atoms with Crippen molar-refractivity contribution >= 4 is 17.5 Å². The first-order valence-electron chi connectivity index (χ1n) is 6.18. The molecule has 2 N–H and O–H groups in total. The number of rotatable bonds is 2. The van der Waals surface area contributed by atoms with Crippen LogP contribution >= 0.6 is 0 Å². The lowest BCUT2D eigenvalue weighted by atomic mass is 9.96. The van der Waals surface area contributed by atoms with Crippen LogP contribution in [-0.4, -0.2) is 17.0 Å². The summed E-state index contributed by atoms with van der Waals surface area (Å²) in [6.07, 6.45) is 6.96. The molecule has 0 aromatic carbocycles. The third-order valence-corrected chi connectivity index (χ3v) is 3.87. The maximum absolute atomic E-state index is 5.50. The fourth-order valence-electron chi connectivity index (χ4n) is 2.99. The molecular formula is C13H16N4. The third kappa shape index (κ3) is 2.22. The molecule has 2 saturated carbocycles. The number of nitrogen functional groups attached to an aromatic ring is 1. The minimum absolute atomic E-state index is 0.458. The Hall–Kier alpha value is -1.67. The van der Waals surface area contributed by atoms with Crippen molar-refractivity contribution in [2.45, 2.75) is 31.7 Å². The van der Waals surface area contributed by atoms with E-state index in [1.807, 2.05) is 6.07 Å². The summed E-state index contributed by atoms with van der Waals surface area (Å²) in [6, 6.07) is 6.83. The lowest BCUT2D eigenvalue weighted by Crippen LogP contribution is -2.13. The van der Waals surface area contributed by atoms with E-state index in [-0.39, 0.29) is 0 Å². The van der Waals surface area contributed by atoms with Gasteiger partial charge in [-0.25, -0.2) is 9.98 Å². The van der Waals surface area contributed by atoms with Gasteiger partial charge >= 0.3 is 0 Å². The molecule has 0 aliphatic heterocycles. The van der Waals surface area contributed by atoms with Crippen molar-refractivity contribution in [3.05, 3.63) is 18.3 Å². The summed E-state index contributed by atoms with van der Waals surface area (Å²) in [5.74, 6) is 2.20. The number of hydrogen-bond acceptors (Lipinski definition) is 4. The van der Waals surface area contributed by atoms with E-state index in [4.69, 9.17) is 5.73 Å². The first kappa shape index (κ1) is 10.5. The molecule has 3 rings (SSSR count). The van der Waals surface area contributed by atoms with Gasteiger partial charge in [0, 0.05) is 0 Å². The molecule has 2 aliphatic rings. The lowest BCUT2D eigenvalue weighted by molar-refractivity contribution is 0.421. The molecule has 0 spiro atoms. The Morgan fingerprint density at radius 3 is 2.88 bits per heavy atom. The molecule has 1 heterocycles. The normalized spacial score (nSPS) is 30.0. The van der Waals surface area contributed by atoms with Crippen LogP contribution in [0.3, 0.4) is 0 Å². The number of aromatic nitrogens is 1. The molecule has 88 valence electrons. The smallest absolute Gasteiger partial charge is 0.123 e. The van der Waals surface area contributed by atoms with Gasteiger partial charge in [-0.05, 0) is 43.2 Å². The summed E-state index contributed by atoms with van der Waals surface area (Å²) < 4.78 is 0. The molecule has 2 bridgehead atoms. The second kappa shape index (κ2) is 4.30. The van der Waals surface area contributed by atoms with E-state index in [9.17, 15) is 0 Å². The molecular weight excluding hydrogens is 212 g/mol. The zero-order valence-corrected chi connectivity index (χ0v) is 9.71. The van der Waals surface area contributed by atoms with E-state index in [2.05, 4.69) is 21.0 Å². The number of nitrogens with zero attached hydrogens (tertiary/aromatic N) is 3. The second-order valence-corrected chi connectivity index (χ2v) is 5.02.